The number of aliphatic hydroxyl groups is 1. The average Bonchev–Trinajstić information content (AvgIpc) is 3.80. The van der Waals surface area contributed by atoms with Gasteiger partial charge in [0.15, 0.2) is 5.96 Å². The number of amides is 9. The van der Waals surface area contributed by atoms with Gasteiger partial charge in [-0.3, -0.25) is 48.1 Å². The first kappa shape index (κ1) is 65.7. The molecule has 72 heavy (non-hydrogen) atoms. The number of carbonyl (C=O) groups is 10. The number of aliphatic hydroxyl groups excluding tert-OH is 1. The number of hydrogen-bond acceptors (Lipinski definition) is 12. The molecule has 1 rings (SSSR count). The largest absolute Gasteiger partial charge is 0.490 e. The van der Waals surface area contributed by atoms with Crippen molar-refractivity contribution in [2.24, 2.45) is 34.2 Å². The Bertz CT molecular complexity index is 1870. The molecule has 0 aromatic heterocycles. The molecule has 0 bridgehead atoms. The Kier molecular flexibility index (Phi) is 29.8. The lowest BCUT2D eigenvalue weighted by Gasteiger charge is -2.32. The summed E-state index contributed by atoms with van der Waals surface area (Å²) in [7, 11) is 0. The number of nitrogens with one attached hydrogen (secondary N) is 8. The minimum atomic E-state index is -5.08. The molecule has 1 saturated heterocycles. The number of guanidine groups is 1. The van der Waals surface area contributed by atoms with Crippen LogP contribution in [0.4, 0.5) is 13.2 Å². The normalized spacial score (nSPS) is 17.0. The van der Waals surface area contributed by atoms with Crippen molar-refractivity contribution in [3.05, 3.63) is 0 Å². The van der Waals surface area contributed by atoms with Gasteiger partial charge in [0, 0.05) is 26.6 Å². The number of halogens is 3. The number of likely N-dealkylation sites (tertiary alicyclic amines) is 1. The first-order valence-electron chi connectivity index (χ1n) is 24.2. The zero-order valence-corrected chi connectivity index (χ0v) is 43.0. The van der Waals surface area contributed by atoms with Crippen LogP contribution in [0.5, 0.6) is 0 Å². The van der Waals surface area contributed by atoms with E-state index in [2.05, 4.69) is 47.5 Å². The maximum Gasteiger partial charge on any atom is 0.490 e. The van der Waals surface area contributed by atoms with Crippen LogP contribution >= 0.6 is 0 Å². The summed E-state index contributed by atoms with van der Waals surface area (Å²) in [5.74, 6) is -9.86. The molecule has 1 aliphatic rings. The minimum Gasteiger partial charge on any atom is -0.475 e. The third-order valence-electron chi connectivity index (χ3n) is 11.6. The molecule has 24 nitrogen and oxygen atoms in total. The average molecular weight is 1040 g/mol. The molecular formula is C45H79F3N12O12. The van der Waals surface area contributed by atoms with Crippen LogP contribution in [0.15, 0.2) is 4.99 Å². The summed E-state index contributed by atoms with van der Waals surface area (Å²) < 4.78 is 31.7. The maximum absolute atomic E-state index is 14.1. The summed E-state index contributed by atoms with van der Waals surface area (Å²) in [6.07, 6.45) is -3.72. The molecule has 1 aliphatic heterocycles. The van der Waals surface area contributed by atoms with Crippen molar-refractivity contribution in [3.8, 4) is 0 Å². The van der Waals surface area contributed by atoms with Gasteiger partial charge in [-0.25, -0.2) is 4.79 Å². The number of aliphatic carboxylic acids is 1. The second-order valence-electron chi connectivity index (χ2n) is 17.9. The lowest BCUT2D eigenvalue weighted by atomic mass is 9.95. The third-order valence-corrected chi connectivity index (χ3v) is 11.6. The highest BCUT2D eigenvalue weighted by Gasteiger charge is 2.41. The van der Waals surface area contributed by atoms with Crippen molar-refractivity contribution in [3.63, 3.8) is 0 Å². The second kappa shape index (κ2) is 32.6. The number of nitrogens with two attached hydrogens (primary N) is 2. The van der Waals surface area contributed by atoms with E-state index in [0.29, 0.717) is 51.6 Å². The summed E-state index contributed by atoms with van der Waals surface area (Å²) in [4.78, 5) is 134. The Labute approximate surface area is 418 Å². The molecule has 10 atom stereocenters. The summed E-state index contributed by atoms with van der Waals surface area (Å²) in [5.41, 5.74) is 11.0. The summed E-state index contributed by atoms with van der Waals surface area (Å²) >= 11 is 0. The van der Waals surface area contributed by atoms with Crippen molar-refractivity contribution >= 4 is 65.1 Å². The highest BCUT2D eigenvalue weighted by Crippen LogP contribution is 2.21. The number of rotatable bonds is 28. The van der Waals surface area contributed by atoms with Crippen LogP contribution in [0, 0.1) is 17.8 Å². The summed E-state index contributed by atoms with van der Waals surface area (Å²) in [6.45, 7) is 17.0. The fraction of sp³-hybridized carbons (Fsp3) is 0.756. The van der Waals surface area contributed by atoms with Gasteiger partial charge in [-0.2, -0.15) is 13.2 Å². The van der Waals surface area contributed by atoms with Gasteiger partial charge in [0.05, 0.1) is 12.6 Å². The van der Waals surface area contributed by atoms with Crippen LogP contribution in [0.25, 0.3) is 0 Å². The first-order valence-corrected chi connectivity index (χ1v) is 24.2. The molecular weight excluding hydrogens is 958 g/mol. The number of likely N-dealkylation sites (N-methyl/N-ethyl adjacent to an activating group) is 1. The molecule has 0 spiro atoms. The van der Waals surface area contributed by atoms with Crippen LogP contribution in [-0.2, 0) is 47.9 Å². The Balaban J connectivity index is 0.00000666. The molecule has 1 heterocycles. The molecule has 27 heteroatoms. The zero-order valence-electron chi connectivity index (χ0n) is 43.0. The van der Waals surface area contributed by atoms with E-state index < -0.39 is 126 Å². The van der Waals surface area contributed by atoms with Gasteiger partial charge in [-0.15, -0.1) is 0 Å². The second-order valence-corrected chi connectivity index (χ2v) is 17.9. The Morgan fingerprint density at radius 2 is 1.18 bits per heavy atom. The number of hydrogen-bond donors (Lipinski definition) is 12. The summed E-state index contributed by atoms with van der Waals surface area (Å²) in [5, 5.41) is 38.9. The summed E-state index contributed by atoms with van der Waals surface area (Å²) in [6, 6.07) is -8.10. The van der Waals surface area contributed by atoms with Crippen molar-refractivity contribution in [2.75, 3.05) is 26.2 Å². The van der Waals surface area contributed by atoms with Crippen LogP contribution in [0.3, 0.4) is 0 Å². The van der Waals surface area contributed by atoms with Gasteiger partial charge < -0.3 is 69.1 Å². The van der Waals surface area contributed by atoms with Gasteiger partial charge in [-0.1, -0.05) is 67.7 Å². The third kappa shape index (κ3) is 23.3. The number of alkyl halides is 3. The molecule has 0 aromatic rings. The van der Waals surface area contributed by atoms with E-state index in [1.54, 1.807) is 48.5 Å². The van der Waals surface area contributed by atoms with Crippen molar-refractivity contribution < 1.29 is 71.3 Å². The molecule has 0 saturated carbocycles. The predicted octanol–water partition coefficient (Wildman–Crippen LogP) is -1.23. The molecule has 412 valence electrons. The number of nitrogens with zero attached hydrogens (tertiary/aromatic N) is 2. The molecule has 0 aliphatic carbocycles. The molecule has 9 amide bonds. The van der Waals surface area contributed by atoms with Crippen LogP contribution in [0.2, 0.25) is 0 Å². The Morgan fingerprint density at radius 3 is 1.64 bits per heavy atom. The standard InChI is InChI=1S/C43H78N12O10.C2HF3O2/c1-11-17-28(49-41(64)35(26(9)56)54-40(63)34(25(8)13-3)53-38(61)32(23(5)6)51-31(58)22-48-27(10)57)36(59)52-33(24(7)12-2)39(62)50-29(18-15-20-47-43(44)45)42(65)55-21-16-19-30(55)37(60)46-14-4;3-2(4,5)1(6)7/h23-26,28-30,32-35,56H,11-22H2,1-10H3,(H,46,60)(H,48,57)(H,49,64)(H,50,62)(H,51,58)(H,52,59)(H,53,61)(H,54,63)(H4,44,45,47);(H,6,7)/t24-,25-,26+,28-,29-,30-,32-,33-,34+,35-;/m0./s1. The van der Waals surface area contributed by atoms with E-state index in [4.69, 9.17) is 21.4 Å². The van der Waals surface area contributed by atoms with E-state index >= 15 is 0 Å². The number of aliphatic imine (C=N–C) groups is 1. The molecule has 0 radical (unpaired) electrons. The number of carboxylic acids is 1. The van der Waals surface area contributed by atoms with E-state index in [-0.39, 0.29) is 37.8 Å². The number of carbonyl (C=O) groups excluding carboxylic acids is 9. The lowest BCUT2D eigenvalue weighted by molar-refractivity contribution is -0.192. The van der Waals surface area contributed by atoms with Crippen LogP contribution < -0.4 is 54.0 Å². The number of carboxylic acid groups (broad SMARTS) is 1. The Hall–Kier alpha value is -6.28. The fourth-order valence-corrected chi connectivity index (χ4v) is 7.15. The van der Waals surface area contributed by atoms with E-state index in [0.717, 1.165) is 0 Å². The van der Waals surface area contributed by atoms with Crippen molar-refractivity contribution in [2.45, 2.75) is 175 Å². The highest BCUT2D eigenvalue weighted by molar-refractivity contribution is 5.98. The minimum absolute atomic E-state index is 0.102. The zero-order chi connectivity index (χ0) is 55.6. The topological polar surface area (TPSA) is 375 Å². The van der Waals surface area contributed by atoms with Crippen LogP contribution in [-0.4, -0.2) is 161 Å². The van der Waals surface area contributed by atoms with Gasteiger partial charge in [0.1, 0.15) is 42.3 Å². The quantitative estimate of drug-likeness (QED) is 0.0248. The molecule has 0 aromatic carbocycles. The van der Waals surface area contributed by atoms with E-state index in [1.165, 1.54) is 18.7 Å². The SMILES string of the molecule is CCC[C@H](NC(=O)[C@@H](NC(=O)[C@H](NC(=O)[C@@H](NC(=O)CNC(C)=O)C(C)C)[C@@H](C)CC)[C@@H](C)O)C(=O)N[C@H](C(=O)N[C@@H](CCCN=C(N)N)C(=O)N1CCC[C@H]1C(=O)NCC)[C@@H](C)CC.O=C(O)C(F)(F)F. The van der Waals surface area contributed by atoms with Gasteiger partial charge in [0.25, 0.3) is 0 Å². The Morgan fingerprint density at radius 1 is 0.694 bits per heavy atom. The molecule has 1 fully saturated rings. The highest BCUT2D eigenvalue weighted by atomic mass is 19.4. The first-order chi connectivity index (χ1) is 33.5. The van der Waals surface area contributed by atoms with Gasteiger partial charge in [0.2, 0.25) is 53.2 Å². The van der Waals surface area contributed by atoms with Gasteiger partial charge >= 0.3 is 12.1 Å². The van der Waals surface area contributed by atoms with E-state index in [9.17, 15) is 61.4 Å². The molecule has 14 N–H and O–H groups in total. The van der Waals surface area contributed by atoms with E-state index in [1.807, 2.05) is 6.92 Å². The fourth-order valence-electron chi connectivity index (χ4n) is 7.15. The van der Waals surface area contributed by atoms with Crippen LogP contribution in [0.1, 0.15) is 121 Å². The van der Waals surface area contributed by atoms with Crippen molar-refractivity contribution in [1.82, 2.24) is 47.4 Å². The smallest absolute Gasteiger partial charge is 0.475 e. The lowest BCUT2D eigenvalue weighted by Crippen LogP contribution is -2.63. The predicted molar refractivity (Wildman–Crippen MR) is 258 cm³/mol. The van der Waals surface area contributed by atoms with Gasteiger partial charge in [-0.05, 0) is 63.7 Å². The van der Waals surface area contributed by atoms with Crippen molar-refractivity contribution in [1.29, 1.82) is 0 Å². The monoisotopic (exact) mass is 1040 g/mol. The molecule has 0 unspecified atom stereocenters. The maximum atomic E-state index is 14.1.